The second-order valence-electron chi connectivity index (χ2n) is 6.05. The van der Waals surface area contributed by atoms with E-state index >= 15 is 0 Å². The number of aromatic nitrogens is 4. The standard InChI is InChI=1S/C17H18N4O2/c1-11-6-8-13(9-7-11)23-16-14-10-18-17(22)19-15(14)21(20-16)12-4-2-3-5-12/h6-10,12H,2-5H2,1H3,(H,18,19,22). The fourth-order valence-electron chi connectivity index (χ4n) is 3.13. The molecule has 1 aliphatic rings. The molecule has 0 bridgehead atoms. The minimum absolute atomic E-state index is 0.311. The van der Waals surface area contributed by atoms with Crippen LogP contribution in [0.2, 0.25) is 0 Å². The Morgan fingerprint density at radius 1 is 1.22 bits per heavy atom. The molecule has 1 saturated carbocycles. The van der Waals surface area contributed by atoms with Crippen molar-refractivity contribution in [3.8, 4) is 11.6 Å². The van der Waals surface area contributed by atoms with Crippen LogP contribution >= 0.6 is 0 Å². The van der Waals surface area contributed by atoms with Crippen LogP contribution in [0.4, 0.5) is 0 Å². The van der Waals surface area contributed by atoms with Crippen molar-refractivity contribution in [3.05, 3.63) is 46.5 Å². The van der Waals surface area contributed by atoms with Gasteiger partial charge in [0.25, 0.3) is 0 Å². The van der Waals surface area contributed by atoms with Crippen molar-refractivity contribution in [2.24, 2.45) is 0 Å². The minimum atomic E-state index is -0.362. The minimum Gasteiger partial charge on any atom is -0.437 e. The highest BCUT2D eigenvalue weighted by Gasteiger charge is 2.23. The van der Waals surface area contributed by atoms with Crippen LogP contribution < -0.4 is 10.4 Å². The lowest BCUT2D eigenvalue weighted by Crippen LogP contribution is -2.13. The molecule has 3 aromatic rings. The summed E-state index contributed by atoms with van der Waals surface area (Å²) in [5.74, 6) is 1.21. The van der Waals surface area contributed by atoms with Crippen LogP contribution in [-0.4, -0.2) is 19.7 Å². The van der Waals surface area contributed by atoms with E-state index in [0.717, 1.165) is 24.0 Å². The van der Waals surface area contributed by atoms with E-state index in [1.54, 1.807) is 0 Å². The Labute approximate surface area is 133 Å². The zero-order valence-electron chi connectivity index (χ0n) is 13.0. The van der Waals surface area contributed by atoms with Crippen molar-refractivity contribution in [1.82, 2.24) is 19.7 Å². The molecule has 0 spiro atoms. The topological polar surface area (TPSA) is 72.8 Å². The van der Waals surface area contributed by atoms with Gasteiger partial charge in [0.15, 0.2) is 0 Å². The number of hydrogen-bond donors (Lipinski definition) is 1. The zero-order valence-corrected chi connectivity index (χ0v) is 13.0. The third kappa shape index (κ3) is 2.60. The van der Waals surface area contributed by atoms with Crippen molar-refractivity contribution < 1.29 is 4.74 Å². The van der Waals surface area contributed by atoms with Gasteiger partial charge in [-0.2, -0.15) is 0 Å². The summed E-state index contributed by atoms with van der Waals surface area (Å²) in [6.07, 6.45) is 6.07. The van der Waals surface area contributed by atoms with Gasteiger partial charge in [-0.15, -0.1) is 5.10 Å². The SMILES string of the molecule is Cc1ccc(Oc2nn(C3CCCC3)c3[nH]c(=O)ncc23)cc1. The van der Waals surface area contributed by atoms with Crippen LogP contribution in [0.25, 0.3) is 11.0 Å². The van der Waals surface area contributed by atoms with Gasteiger partial charge < -0.3 is 4.74 Å². The van der Waals surface area contributed by atoms with Crippen LogP contribution in [-0.2, 0) is 0 Å². The van der Waals surface area contributed by atoms with E-state index in [-0.39, 0.29) is 5.69 Å². The summed E-state index contributed by atoms with van der Waals surface area (Å²) in [5.41, 5.74) is 1.50. The van der Waals surface area contributed by atoms with Crippen molar-refractivity contribution in [1.29, 1.82) is 0 Å². The average Bonchev–Trinajstić information content (AvgIpc) is 3.17. The molecule has 23 heavy (non-hydrogen) atoms. The van der Waals surface area contributed by atoms with Crippen LogP contribution in [0.15, 0.2) is 35.3 Å². The molecule has 0 unspecified atom stereocenters. The molecule has 0 atom stereocenters. The Kier molecular flexibility index (Phi) is 3.37. The fourth-order valence-corrected chi connectivity index (χ4v) is 3.13. The number of H-pyrrole nitrogens is 1. The molecule has 6 heteroatoms. The van der Waals surface area contributed by atoms with Crippen molar-refractivity contribution >= 4 is 11.0 Å². The van der Waals surface area contributed by atoms with Gasteiger partial charge >= 0.3 is 5.69 Å². The van der Waals surface area contributed by atoms with E-state index in [2.05, 4.69) is 15.1 Å². The predicted octanol–water partition coefficient (Wildman–Crippen LogP) is 3.34. The van der Waals surface area contributed by atoms with E-state index in [9.17, 15) is 4.79 Å². The van der Waals surface area contributed by atoms with Crippen LogP contribution in [0.1, 0.15) is 37.3 Å². The molecule has 6 nitrogen and oxygen atoms in total. The molecular formula is C17H18N4O2. The molecule has 0 aliphatic heterocycles. The Balaban J connectivity index is 1.79. The first-order valence-corrected chi connectivity index (χ1v) is 7.93. The summed E-state index contributed by atoms with van der Waals surface area (Å²) in [6.45, 7) is 2.03. The third-order valence-electron chi connectivity index (χ3n) is 4.36. The lowest BCUT2D eigenvalue weighted by molar-refractivity contribution is 0.422. The molecule has 2 heterocycles. The highest BCUT2D eigenvalue weighted by molar-refractivity contribution is 5.80. The van der Waals surface area contributed by atoms with Gasteiger partial charge in [0.05, 0.1) is 11.4 Å². The smallest absolute Gasteiger partial charge is 0.346 e. The summed E-state index contributed by atoms with van der Waals surface area (Å²) < 4.78 is 7.83. The maximum Gasteiger partial charge on any atom is 0.346 e. The number of ether oxygens (including phenoxy) is 1. The Morgan fingerprint density at radius 2 is 1.96 bits per heavy atom. The van der Waals surface area contributed by atoms with Crippen molar-refractivity contribution in [2.45, 2.75) is 38.6 Å². The van der Waals surface area contributed by atoms with Crippen molar-refractivity contribution in [3.63, 3.8) is 0 Å². The largest absolute Gasteiger partial charge is 0.437 e. The summed E-state index contributed by atoms with van der Waals surface area (Å²) >= 11 is 0. The summed E-state index contributed by atoms with van der Waals surface area (Å²) in [5, 5.41) is 5.35. The molecule has 1 aromatic carbocycles. The van der Waals surface area contributed by atoms with Crippen LogP contribution in [0.3, 0.4) is 0 Å². The molecule has 1 fully saturated rings. The van der Waals surface area contributed by atoms with Gasteiger partial charge in [0, 0.05) is 6.20 Å². The second kappa shape index (κ2) is 5.53. The number of aryl methyl sites for hydroxylation is 1. The van der Waals surface area contributed by atoms with E-state index in [4.69, 9.17) is 4.74 Å². The molecular weight excluding hydrogens is 292 g/mol. The fraction of sp³-hybridized carbons (Fsp3) is 0.353. The number of rotatable bonds is 3. The Hall–Kier alpha value is -2.63. The average molecular weight is 310 g/mol. The first-order valence-electron chi connectivity index (χ1n) is 7.93. The van der Waals surface area contributed by atoms with Gasteiger partial charge in [-0.3, -0.25) is 4.98 Å². The number of nitrogens with zero attached hydrogens (tertiary/aromatic N) is 3. The monoisotopic (exact) mass is 310 g/mol. The molecule has 1 aliphatic carbocycles. The molecule has 0 radical (unpaired) electrons. The first kappa shape index (κ1) is 14.0. The van der Waals surface area contributed by atoms with Crippen LogP contribution in [0.5, 0.6) is 11.6 Å². The Bertz CT molecular complexity index is 889. The highest BCUT2D eigenvalue weighted by atomic mass is 16.5. The molecule has 118 valence electrons. The van der Waals surface area contributed by atoms with E-state index in [0.29, 0.717) is 17.6 Å². The van der Waals surface area contributed by atoms with E-state index < -0.39 is 0 Å². The molecule has 4 rings (SSSR count). The quantitative estimate of drug-likeness (QED) is 0.805. The van der Waals surface area contributed by atoms with E-state index in [1.165, 1.54) is 24.6 Å². The number of benzene rings is 1. The maximum atomic E-state index is 11.6. The first-order chi connectivity index (χ1) is 11.2. The van der Waals surface area contributed by atoms with Gasteiger partial charge in [-0.05, 0) is 31.9 Å². The van der Waals surface area contributed by atoms with Gasteiger partial charge in [-0.25, -0.2) is 14.5 Å². The third-order valence-corrected chi connectivity index (χ3v) is 4.36. The maximum absolute atomic E-state index is 11.6. The molecule has 2 aromatic heterocycles. The number of nitrogens with one attached hydrogen (secondary N) is 1. The highest BCUT2D eigenvalue weighted by Crippen LogP contribution is 2.34. The van der Waals surface area contributed by atoms with Crippen molar-refractivity contribution in [2.75, 3.05) is 0 Å². The van der Waals surface area contributed by atoms with Gasteiger partial charge in [-0.1, -0.05) is 30.5 Å². The lowest BCUT2D eigenvalue weighted by Gasteiger charge is -2.10. The zero-order chi connectivity index (χ0) is 15.8. The normalized spacial score (nSPS) is 15.3. The number of aromatic amines is 1. The predicted molar refractivity (Wildman–Crippen MR) is 86.9 cm³/mol. The van der Waals surface area contributed by atoms with E-state index in [1.807, 2.05) is 35.9 Å². The van der Waals surface area contributed by atoms with Gasteiger partial charge in [0.1, 0.15) is 11.4 Å². The van der Waals surface area contributed by atoms with Gasteiger partial charge in [0.2, 0.25) is 5.88 Å². The molecule has 0 saturated heterocycles. The number of hydrogen-bond acceptors (Lipinski definition) is 4. The summed E-state index contributed by atoms with van der Waals surface area (Å²) in [6, 6.07) is 8.12. The second-order valence-corrected chi connectivity index (χ2v) is 6.05. The lowest BCUT2D eigenvalue weighted by atomic mass is 10.2. The molecule has 1 N–H and O–H groups in total. The Morgan fingerprint density at radius 3 is 2.70 bits per heavy atom. The molecule has 0 amide bonds. The number of fused-ring (bicyclic) bond motifs is 1. The summed E-state index contributed by atoms with van der Waals surface area (Å²) in [7, 11) is 0. The van der Waals surface area contributed by atoms with Crippen LogP contribution in [0, 0.1) is 6.92 Å². The summed E-state index contributed by atoms with van der Waals surface area (Å²) in [4.78, 5) is 18.2.